The average Bonchev–Trinajstić information content (AvgIpc) is 3.03. The van der Waals surface area contributed by atoms with E-state index in [1.54, 1.807) is 0 Å². The molecular weight excluding hydrogens is 202 g/mol. The molecule has 16 heavy (non-hydrogen) atoms. The Morgan fingerprint density at radius 2 is 1.31 bits per heavy atom. The highest BCUT2D eigenvalue weighted by Gasteiger charge is 2.31. The molecule has 0 bridgehead atoms. The minimum absolute atomic E-state index is 0.531. The predicted octanol–water partition coefficient (Wildman–Crippen LogP) is -0.167. The van der Waals surface area contributed by atoms with E-state index >= 15 is 0 Å². The summed E-state index contributed by atoms with van der Waals surface area (Å²) in [6.45, 7) is 4.67. The van der Waals surface area contributed by atoms with Crippen molar-refractivity contribution in [3.63, 3.8) is 0 Å². The molecule has 2 atom stereocenters. The Bertz CT molecular complexity index is 200. The summed E-state index contributed by atoms with van der Waals surface area (Å²) in [4.78, 5) is 0. The van der Waals surface area contributed by atoms with Gasteiger partial charge in [-0.3, -0.25) is 16.2 Å². The van der Waals surface area contributed by atoms with Gasteiger partial charge in [-0.25, -0.2) is 10.0 Å². The summed E-state index contributed by atoms with van der Waals surface area (Å²) in [7, 11) is 0. The highest BCUT2D eigenvalue weighted by atomic mass is 15.6. The molecule has 0 amide bonds. The fourth-order valence-electron chi connectivity index (χ4n) is 3.02. The maximum atomic E-state index is 3.76. The van der Waals surface area contributed by atoms with Gasteiger partial charge in [0.25, 0.3) is 0 Å². The van der Waals surface area contributed by atoms with Gasteiger partial charge in [0.2, 0.25) is 0 Å². The van der Waals surface area contributed by atoms with Gasteiger partial charge in [-0.2, -0.15) is 0 Å². The number of rotatable bonds is 2. The summed E-state index contributed by atoms with van der Waals surface area (Å²) in [5.74, 6) is 0. The second-order valence-corrected chi connectivity index (χ2v) is 5.04. The first-order valence-corrected chi connectivity index (χ1v) is 6.70. The smallest absolute Gasteiger partial charge is 0.0745 e. The molecule has 3 fully saturated rings. The number of hydrazine groups is 2. The third kappa shape index (κ3) is 2.24. The molecule has 0 spiro atoms. The normalized spacial score (nSPS) is 38.2. The molecule has 3 heterocycles. The van der Waals surface area contributed by atoms with Crippen molar-refractivity contribution in [1.82, 2.24) is 26.2 Å². The van der Waals surface area contributed by atoms with Crippen molar-refractivity contribution in [2.45, 2.75) is 44.4 Å². The molecule has 3 saturated heterocycles. The van der Waals surface area contributed by atoms with E-state index in [4.69, 9.17) is 0 Å². The number of nitrogens with one attached hydrogen (secondary N) is 3. The first-order valence-electron chi connectivity index (χ1n) is 6.70. The van der Waals surface area contributed by atoms with Crippen LogP contribution in [0.2, 0.25) is 0 Å². The summed E-state index contributed by atoms with van der Waals surface area (Å²) in [5, 5.41) is 8.55. The molecular formula is C11H23N5. The van der Waals surface area contributed by atoms with Crippen LogP contribution in [0.15, 0.2) is 0 Å². The van der Waals surface area contributed by atoms with Crippen molar-refractivity contribution in [1.29, 1.82) is 0 Å². The van der Waals surface area contributed by atoms with Crippen molar-refractivity contribution in [2.75, 3.05) is 26.2 Å². The van der Waals surface area contributed by atoms with E-state index in [1.165, 1.54) is 45.2 Å². The lowest BCUT2D eigenvalue weighted by Crippen LogP contribution is -2.60. The third-order valence-electron chi connectivity index (χ3n) is 3.87. The number of hydrogen-bond acceptors (Lipinski definition) is 5. The van der Waals surface area contributed by atoms with E-state index in [0.29, 0.717) is 12.3 Å². The van der Waals surface area contributed by atoms with Crippen LogP contribution in [0.1, 0.15) is 32.1 Å². The van der Waals surface area contributed by atoms with Crippen LogP contribution in [0, 0.1) is 0 Å². The van der Waals surface area contributed by atoms with Gasteiger partial charge in [-0.1, -0.05) is 0 Å². The molecule has 3 aliphatic heterocycles. The van der Waals surface area contributed by atoms with Crippen LogP contribution in [-0.2, 0) is 0 Å². The molecule has 2 unspecified atom stereocenters. The molecule has 5 heteroatoms. The molecule has 5 nitrogen and oxygen atoms in total. The number of nitrogens with zero attached hydrogens (tertiary/aromatic N) is 2. The van der Waals surface area contributed by atoms with Crippen molar-refractivity contribution in [3.05, 3.63) is 0 Å². The van der Waals surface area contributed by atoms with Crippen molar-refractivity contribution in [3.8, 4) is 0 Å². The number of hydrogen-bond donors (Lipinski definition) is 3. The molecule has 0 aliphatic carbocycles. The van der Waals surface area contributed by atoms with Gasteiger partial charge in [-0.05, 0) is 32.1 Å². The van der Waals surface area contributed by atoms with Gasteiger partial charge in [0.15, 0.2) is 0 Å². The van der Waals surface area contributed by atoms with E-state index in [1.807, 2.05) is 0 Å². The highest BCUT2D eigenvalue weighted by Crippen LogP contribution is 2.19. The monoisotopic (exact) mass is 225 g/mol. The lowest BCUT2D eigenvalue weighted by Gasteiger charge is -2.39. The Morgan fingerprint density at radius 3 is 1.75 bits per heavy atom. The molecule has 0 aromatic heterocycles. The van der Waals surface area contributed by atoms with Gasteiger partial charge < -0.3 is 0 Å². The van der Waals surface area contributed by atoms with E-state index in [-0.39, 0.29) is 0 Å². The van der Waals surface area contributed by atoms with Crippen LogP contribution in [0.5, 0.6) is 0 Å². The van der Waals surface area contributed by atoms with Crippen LogP contribution in [0.3, 0.4) is 0 Å². The van der Waals surface area contributed by atoms with E-state index in [9.17, 15) is 0 Å². The fraction of sp³-hybridized carbons (Fsp3) is 1.00. The van der Waals surface area contributed by atoms with E-state index < -0.39 is 0 Å². The Labute approximate surface area is 97.5 Å². The molecule has 3 rings (SSSR count). The quantitative estimate of drug-likeness (QED) is 0.609. The molecule has 0 aromatic rings. The summed E-state index contributed by atoms with van der Waals surface area (Å²) < 4.78 is 0. The molecule has 0 radical (unpaired) electrons. The summed E-state index contributed by atoms with van der Waals surface area (Å²) in [6.07, 6.45) is 7.51. The van der Waals surface area contributed by atoms with E-state index in [2.05, 4.69) is 26.2 Å². The lowest BCUT2D eigenvalue weighted by molar-refractivity contribution is 0.0334. The van der Waals surface area contributed by atoms with E-state index in [0.717, 1.165) is 13.1 Å². The fourth-order valence-corrected chi connectivity index (χ4v) is 3.02. The van der Waals surface area contributed by atoms with Crippen molar-refractivity contribution in [2.24, 2.45) is 0 Å². The molecule has 92 valence electrons. The zero-order chi connectivity index (χ0) is 10.8. The maximum Gasteiger partial charge on any atom is 0.0745 e. The topological polar surface area (TPSA) is 42.6 Å². The summed E-state index contributed by atoms with van der Waals surface area (Å²) in [5.41, 5.74) is 6.94. The van der Waals surface area contributed by atoms with Gasteiger partial charge >= 0.3 is 0 Å². The Hall–Kier alpha value is -0.200. The highest BCUT2D eigenvalue weighted by molar-refractivity contribution is 4.82. The minimum atomic E-state index is 0.531. The van der Waals surface area contributed by atoms with Gasteiger partial charge in [0.05, 0.1) is 12.3 Å². The number of piperidine rings is 1. The van der Waals surface area contributed by atoms with Crippen molar-refractivity contribution < 1.29 is 0 Å². The van der Waals surface area contributed by atoms with Gasteiger partial charge in [0, 0.05) is 26.2 Å². The Morgan fingerprint density at radius 1 is 0.750 bits per heavy atom. The van der Waals surface area contributed by atoms with Gasteiger partial charge in [-0.15, -0.1) is 0 Å². The zero-order valence-electron chi connectivity index (χ0n) is 9.91. The van der Waals surface area contributed by atoms with Crippen LogP contribution >= 0.6 is 0 Å². The molecule has 0 aromatic carbocycles. The van der Waals surface area contributed by atoms with Crippen LogP contribution in [0.4, 0.5) is 0 Å². The second-order valence-electron chi connectivity index (χ2n) is 5.04. The predicted molar refractivity (Wildman–Crippen MR) is 63.2 cm³/mol. The molecule has 3 N–H and O–H groups in total. The zero-order valence-corrected chi connectivity index (χ0v) is 9.91. The average molecular weight is 225 g/mol. The minimum Gasteiger partial charge on any atom is -0.284 e. The maximum absolute atomic E-state index is 3.76. The summed E-state index contributed by atoms with van der Waals surface area (Å²) in [6, 6.07) is 0. The van der Waals surface area contributed by atoms with Crippen LogP contribution in [-0.4, -0.2) is 48.5 Å². The molecule has 0 saturated carbocycles. The lowest BCUT2D eigenvalue weighted by atomic mass is 10.1. The third-order valence-corrected chi connectivity index (χ3v) is 3.87. The first-order chi connectivity index (χ1) is 7.93. The first kappa shape index (κ1) is 10.9. The Balaban J connectivity index is 1.56. The Kier molecular flexibility index (Phi) is 3.40. The largest absolute Gasteiger partial charge is 0.284 e. The van der Waals surface area contributed by atoms with Gasteiger partial charge in [0.1, 0.15) is 0 Å². The standard InChI is InChI=1S/C11H23N5/c1-4-10(15-8-2-6-12-15)14-11(5-1)16-9-3-7-13-16/h10-14H,1-9H2. The van der Waals surface area contributed by atoms with Crippen molar-refractivity contribution >= 4 is 0 Å². The SMILES string of the molecule is C1CC(N2CCCN2)NC(N2CCCN2)C1. The second kappa shape index (κ2) is 4.98. The molecule has 3 aliphatic rings. The summed E-state index contributed by atoms with van der Waals surface area (Å²) >= 11 is 0. The van der Waals surface area contributed by atoms with Crippen LogP contribution < -0.4 is 16.2 Å². The van der Waals surface area contributed by atoms with Crippen LogP contribution in [0.25, 0.3) is 0 Å².